The second kappa shape index (κ2) is 7.40. The highest BCUT2D eigenvalue weighted by Crippen LogP contribution is 2.31. The molecule has 0 amide bonds. The summed E-state index contributed by atoms with van der Waals surface area (Å²) in [6.07, 6.45) is 10.3. The zero-order chi connectivity index (χ0) is 18.8. The maximum absolute atomic E-state index is 6.04. The van der Waals surface area contributed by atoms with Gasteiger partial charge in [-0.15, -0.1) is 0 Å². The van der Waals surface area contributed by atoms with E-state index in [0.29, 0.717) is 29.8 Å². The van der Waals surface area contributed by atoms with Crippen molar-refractivity contribution >= 4 is 0 Å². The Balaban J connectivity index is 1.36. The van der Waals surface area contributed by atoms with Crippen molar-refractivity contribution in [2.75, 3.05) is 6.61 Å². The lowest BCUT2D eigenvalue weighted by atomic mass is 10.1. The number of hydrogen-bond acceptors (Lipinski definition) is 7. The fourth-order valence-corrected chi connectivity index (χ4v) is 3.35. The third kappa shape index (κ3) is 3.34. The molecule has 5 rings (SSSR count). The van der Waals surface area contributed by atoms with Gasteiger partial charge in [0.1, 0.15) is 18.4 Å². The maximum Gasteiger partial charge on any atom is 0.246 e. The van der Waals surface area contributed by atoms with Gasteiger partial charge in [-0.05, 0) is 43.5 Å². The Morgan fingerprint density at radius 1 is 1.14 bits per heavy atom. The molecule has 0 radical (unpaired) electrons. The summed E-state index contributed by atoms with van der Waals surface area (Å²) >= 11 is 0. The molecule has 8 nitrogen and oxygen atoms in total. The van der Waals surface area contributed by atoms with E-state index in [2.05, 4.69) is 20.1 Å². The van der Waals surface area contributed by atoms with Crippen LogP contribution < -0.4 is 0 Å². The Hall–Kier alpha value is -3.26. The number of hydrogen-bond donors (Lipinski definition) is 0. The molecular formula is C20H19N5O3. The SMILES string of the molecule is c1cncc(-c2noc(Cn3ccnc3-c3ccc(C4CCCCO4)o3)n2)c1. The van der Waals surface area contributed by atoms with E-state index in [4.69, 9.17) is 13.7 Å². The molecule has 1 aliphatic heterocycles. The standard InChI is InChI=1S/C20H19N5O3/c1-2-11-26-15(5-1)16-6-7-17(27-16)20-22-9-10-25(20)13-18-23-19(24-28-18)14-4-3-8-21-12-14/h3-4,6-10,12,15H,1-2,5,11,13H2. The zero-order valence-corrected chi connectivity index (χ0v) is 15.2. The van der Waals surface area contributed by atoms with Crippen molar-refractivity contribution in [1.29, 1.82) is 0 Å². The van der Waals surface area contributed by atoms with Crippen LogP contribution in [0.5, 0.6) is 0 Å². The maximum atomic E-state index is 6.04. The van der Waals surface area contributed by atoms with Gasteiger partial charge in [-0.2, -0.15) is 4.98 Å². The van der Waals surface area contributed by atoms with Crippen molar-refractivity contribution in [2.24, 2.45) is 0 Å². The van der Waals surface area contributed by atoms with Crippen LogP contribution >= 0.6 is 0 Å². The molecule has 0 spiro atoms. The van der Waals surface area contributed by atoms with Gasteiger partial charge in [-0.3, -0.25) is 4.98 Å². The quantitative estimate of drug-likeness (QED) is 0.521. The summed E-state index contributed by atoms with van der Waals surface area (Å²) in [4.78, 5) is 13.0. The second-order valence-corrected chi connectivity index (χ2v) is 6.69. The third-order valence-electron chi connectivity index (χ3n) is 4.75. The summed E-state index contributed by atoms with van der Waals surface area (Å²) in [6, 6.07) is 7.63. The molecule has 1 atom stereocenters. The van der Waals surface area contributed by atoms with E-state index >= 15 is 0 Å². The Kier molecular flexibility index (Phi) is 4.46. The van der Waals surface area contributed by atoms with Crippen LogP contribution in [0.15, 0.2) is 58.0 Å². The first-order valence-electron chi connectivity index (χ1n) is 9.32. The van der Waals surface area contributed by atoms with E-state index in [0.717, 1.165) is 37.2 Å². The minimum absolute atomic E-state index is 0.0314. The highest BCUT2D eigenvalue weighted by Gasteiger charge is 2.21. The lowest BCUT2D eigenvalue weighted by Crippen LogP contribution is -2.10. The normalized spacial score (nSPS) is 17.1. The molecule has 4 aromatic heterocycles. The van der Waals surface area contributed by atoms with Crippen molar-refractivity contribution < 1.29 is 13.7 Å². The van der Waals surface area contributed by atoms with Crippen LogP contribution in [0.2, 0.25) is 0 Å². The summed E-state index contributed by atoms with van der Waals surface area (Å²) < 4.78 is 19.2. The van der Waals surface area contributed by atoms with Gasteiger partial charge in [0.25, 0.3) is 0 Å². The van der Waals surface area contributed by atoms with E-state index in [1.54, 1.807) is 18.6 Å². The molecule has 1 fully saturated rings. The van der Waals surface area contributed by atoms with E-state index in [1.165, 1.54) is 0 Å². The largest absolute Gasteiger partial charge is 0.455 e. The fourth-order valence-electron chi connectivity index (χ4n) is 3.35. The number of pyridine rings is 1. The first-order chi connectivity index (χ1) is 13.9. The van der Waals surface area contributed by atoms with Crippen molar-refractivity contribution in [3.63, 3.8) is 0 Å². The summed E-state index contributed by atoms with van der Waals surface area (Å²) in [5, 5.41) is 4.03. The van der Waals surface area contributed by atoms with Gasteiger partial charge < -0.3 is 18.2 Å². The molecule has 142 valence electrons. The van der Waals surface area contributed by atoms with E-state index in [-0.39, 0.29) is 6.10 Å². The average molecular weight is 377 g/mol. The van der Waals surface area contributed by atoms with Crippen LogP contribution in [0.1, 0.15) is 37.0 Å². The predicted octanol–water partition coefficient (Wildman–Crippen LogP) is 3.88. The lowest BCUT2D eigenvalue weighted by molar-refractivity contribution is 0.00218. The number of rotatable bonds is 5. The smallest absolute Gasteiger partial charge is 0.246 e. The zero-order valence-electron chi connectivity index (χ0n) is 15.2. The van der Waals surface area contributed by atoms with Gasteiger partial charge >= 0.3 is 0 Å². The van der Waals surface area contributed by atoms with Gasteiger partial charge in [0, 0.05) is 37.0 Å². The minimum Gasteiger partial charge on any atom is -0.455 e. The number of nitrogens with zero attached hydrogens (tertiary/aromatic N) is 5. The first kappa shape index (κ1) is 16.9. The highest BCUT2D eigenvalue weighted by molar-refractivity contribution is 5.52. The molecule has 8 heteroatoms. The average Bonchev–Trinajstić information content (AvgIpc) is 3.50. The molecule has 1 unspecified atom stereocenters. The second-order valence-electron chi connectivity index (χ2n) is 6.69. The molecule has 4 aromatic rings. The number of furan rings is 1. The third-order valence-corrected chi connectivity index (χ3v) is 4.75. The monoisotopic (exact) mass is 377 g/mol. The summed E-state index contributed by atoms with van der Waals surface area (Å²) in [5.74, 6) is 3.25. The highest BCUT2D eigenvalue weighted by atomic mass is 16.5. The van der Waals surface area contributed by atoms with Crippen LogP contribution in [-0.2, 0) is 11.3 Å². The Labute approximate surface area is 161 Å². The van der Waals surface area contributed by atoms with Crippen LogP contribution in [0.3, 0.4) is 0 Å². The van der Waals surface area contributed by atoms with E-state index in [1.807, 2.05) is 35.0 Å². The number of aromatic nitrogens is 5. The number of ether oxygens (including phenoxy) is 1. The molecular weight excluding hydrogens is 358 g/mol. The van der Waals surface area contributed by atoms with Crippen molar-refractivity contribution in [3.05, 3.63) is 60.7 Å². The molecule has 1 aliphatic rings. The molecule has 0 aliphatic carbocycles. The topological polar surface area (TPSA) is 92.0 Å². The molecule has 5 heterocycles. The van der Waals surface area contributed by atoms with Crippen molar-refractivity contribution in [1.82, 2.24) is 24.7 Å². The van der Waals surface area contributed by atoms with E-state index in [9.17, 15) is 0 Å². The molecule has 0 N–H and O–H groups in total. The first-order valence-corrected chi connectivity index (χ1v) is 9.32. The van der Waals surface area contributed by atoms with Crippen molar-refractivity contribution in [2.45, 2.75) is 31.9 Å². The van der Waals surface area contributed by atoms with Gasteiger partial charge in [-0.25, -0.2) is 4.98 Å². The van der Waals surface area contributed by atoms with Crippen molar-refractivity contribution in [3.8, 4) is 23.0 Å². The van der Waals surface area contributed by atoms with Gasteiger partial charge in [-0.1, -0.05) is 5.16 Å². The van der Waals surface area contributed by atoms with Crippen LogP contribution in [0.4, 0.5) is 0 Å². The summed E-state index contributed by atoms with van der Waals surface area (Å²) in [5.41, 5.74) is 0.812. The summed E-state index contributed by atoms with van der Waals surface area (Å²) in [7, 11) is 0. The van der Waals surface area contributed by atoms with Gasteiger partial charge in [0.05, 0.1) is 0 Å². The Morgan fingerprint density at radius 2 is 2.14 bits per heavy atom. The van der Waals surface area contributed by atoms with Crippen LogP contribution in [0, 0.1) is 0 Å². The molecule has 0 bridgehead atoms. The fraction of sp³-hybridized carbons (Fsp3) is 0.300. The molecule has 0 saturated carbocycles. The number of imidazole rings is 1. The van der Waals surface area contributed by atoms with Crippen LogP contribution in [0.25, 0.3) is 23.0 Å². The van der Waals surface area contributed by atoms with Crippen LogP contribution in [-0.4, -0.2) is 31.3 Å². The predicted molar refractivity (Wildman–Crippen MR) is 99.1 cm³/mol. The summed E-state index contributed by atoms with van der Waals surface area (Å²) in [6.45, 7) is 1.18. The van der Waals surface area contributed by atoms with E-state index < -0.39 is 0 Å². The Morgan fingerprint density at radius 3 is 3.00 bits per heavy atom. The molecule has 0 aromatic carbocycles. The molecule has 28 heavy (non-hydrogen) atoms. The van der Waals surface area contributed by atoms with Gasteiger partial charge in [0.2, 0.25) is 11.7 Å². The van der Waals surface area contributed by atoms with Gasteiger partial charge in [0.15, 0.2) is 11.6 Å². The Bertz CT molecular complexity index is 1050. The molecule has 1 saturated heterocycles. The lowest BCUT2D eigenvalue weighted by Gasteiger charge is -2.20. The minimum atomic E-state index is 0.0314.